The molecule has 0 bridgehead atoms. The highest BCUT2D eigenvalue weighted by Gasteiger charge is 2.17. The van der Waals surface area contributed by atoms with E-state index < -0.39 is 5.82 Å². The van der Waals surface area contributed by atoms with Crippen LogP contribution in [0, 0.1) is 11.7 Å². The summed E-state index contributed by atoms with van der Waals surface area (Å²) in [5, 5.41) is 14.2. The number of hydrogen-bond donors (Lipinski definition) is 3. The van der Waals surface area contributed by atoms with Crippen molar-refractivity contribution < 1.29 is 14.4 Å². The van der Waals surface area contributed by atoms with Gasteiger partial charge in [-0.1, -0.05) is 19.0 Å². The van der Waals surface area contributed by atoms with Crippen molar-refractivity contribution in [3.05, 3.63) is 29.6 Å². The monoisotopic (exact) mass is 267 g/mol. The Morgan fingerprint density at radius 2 is 2.11 bits per heavy atom. The van der Waals surface area contributed by atoms with Gasteiger partial charge in [-0.2, -0.15) is 0 Å². The highest BCUT2D eigenvalue weighted by Crippen LogP contribution is 2.19. The molecule has 104 valence electrons. The summed E-state index contributed by atoms with van der Waals surface area (Å²) < 4.78 is 13.2. The normalized spacial score (nSPS) is 11.7. The molecule has 5 nitrogen and oxygen atoms in total. The molecule has 0 aliphatic rings. The Balaban J connectivity index is 3.04. The lowest BCUT2D eigenvalue weighted by Crippen LogP contribution is -2.24. The zero-order chi connectivity index (χ0) is 14.4. The minimum atomic E-state index is -0.526. The van der Waals surface area contributed by atoms with Gasteiger partial charge in [0.1, 0.15) is 5.82 Å². The number of halogens is 1. The van der Waals surface area contributed by atoms with Crippen molar-refractivity contribution in [2.75, 3.05) is 5.32 Å². The van der Waals surface area contributed by atoms with Gasteiger partial charge in [-0.05, 0) is 31.0 Å². The second-order valence-corrected chi connectivity index (χ2v) is 4.18. The first-order valence-corrected chi connectivity index (χ1v) is 6.11. The van der Waals surface area contributed by atoms with E-state index in [2.05, 4.69) is 10.5 Å². The summed E-state index contributed by atoms with van der Waals surface area (Å²) in [6, 6.07) is 3.71. The van der Waals surface area contributed by atoms with Gasteiger partial charge >= 0.3 is 0 Å². The van der Waals surface area contributed by atoms with Crippen LogP contribution in [0.15, 0.2) is 23.4 Å². The molecule has 0 unspecified atom stereocenters. The number of amides is 1. The fraction of sp³-hybridized carbons (Fsp3) is 0.385. The molecule has 1 aromatic rings. The maximum Gasteiger partial charge on any atom is 0.227 e. The van der Waals surface area contributed by atoms with Gasteiger partial charge < -0.3 is 16.3 Å². The van der Waals surface area contributed by atoms with Crippen LogP contribution in [-0.2, 0) is 4.79 Å². The second-order valence-electron chi connectivity index (χ2n) is 4.18. The molecule has 0 fully saturated rings. The highest BCUT2D eigenvalue weighted by atomic mass is 19.1. The van der Waals surface area contributed by atoms with Gasteiger partial charge in [0.2, 0.25) is 5.91 Å². The van der Waals surface area contributed by atoms with Crippen LogP contribution in [0.2, 0.25) is 0 Å². The van der Waals surface area contributed by atoms with E-state index in [9.17, 15) is 9.18 Å². The number of carbonyl (C=O) groups is 1. The van der Waals surface area contributed by atoms with E-state index in [0.717, 1.165) is 6.07 Å². The number of carbonyl (C=O) groups excluding carboxylic acids is 1. The van der Waals surface area contributed by atoms with Crippen LogP contribution in [0.1, 0.15) is 32.3 Å². The molecule has 1 amide bonds. The van der Waals surface area contributed by atoms with Gasteiger partial charge in [0.15, 0.2) is 5.84 Å². The minimum Gasteiger partial charge on any atom is -0.409 e. The summed E-state index contributed by atoms with van der Waals surface area (Å²) in [5.74, 6) is -1.06. The van der Waals surface area contributed by atoms with Crippen LogP contribution in [0.4, 0.5) is 10.1 Å². The van der Waals surface area contributed by atoms with Gasteiger partial charge in [0, 0.05) is 11.5 Å². The predicted molar refractivity (Wildman–Crippen MR) is 71.6 cm³/mol. The number of nitrogens with two attached hydrogens (primary N) is 1. The molecule has 0 aliphatic heterocycles. The van der Waals surface area contributed by atoms with E-state index in [0.29, 0.717) is 18.5 Å². The van der Waals surface area contributed by atoms with Gasteiger partial charge in [-0.15, -0.1) is 0 Å². The maximum absolute atomic E-state index is 13.2. The third-order valence-corrected chi connectivity index (χ3v) is 2.98. The van der Waals surface area contributed by atoms with Gasteiger partial charge in [-0.3, -0.25) is 4.79 Å². The average Bonchev–Trinajstić information content (AvgIpc) is 2.41. The van der Waals surface area contributed by atoms with Crippen molar-refractivity contribution in [1.82, 2.24) is 0 Å². The summed E-state index contributed by atoms with van der Waals surface area (Å²) in [5.41, 5.74) is 5.94. The first-order chi connectivity index (χ1) is 9.03. The zero-order valence-corrected chi connectivity index (χ0v) is 11.0. The molecule has 0 aliphatic carbocycles. The summed E-state index contributed by atoms with van der Waals surface area (Å²) in [6.45, 7) is 3.84. The van der Waals surface area contributed by atoms with Crippen LogP contribution in [0.3, 0.4) is 0 Å². The summed E-state index contributed by atoms with van der Waals surface area (Å²) in [7, 11) is 0. The molecule has 0 saturated carbocycles. The molecule has 0 radical (unpaired) electrons. The first kappa shape index (κ1) is 14.9. The smallest absolute Gasteiger partial charge is 0.227 e. The molecule has 0 atom stereocenters. The predicted octanol–water partition coefficient (Wildman–Crippen LogP) is 2.29. The number of benzene rings is 1. The standard InChI is InChI=1S/C13H18FN3O2/c1-3-8(4-2)13(18)16-11-6-5-9(14)7-10(11)12(15)17-19/h5-8,19H,3-4H2,1-2H3,(H2,15,17)(H,16,18). The van der Waals surface area contributed by atoms with Crippen molar-refractivity contribution in [3.8, 4) is 0 Å². The third kappa shape index (κ3) is 3.67. The quantitative estimate of drug-likeness (QED) is 0.331. The molecular weight excluding hydrogens is 249 g/mol. The Labute approximate surface area is 111 Å². The number of hydrogen-bond acceptors (Lipinski definition) is 3. The Hall–Kier alpha value is -2.11. The number of nitrogens with one attached hydrogen (secondary N) is 1. The van der Waals surface area contributed by atoms with Crippen LogP contribution >= 0.6 is 0 Å². The van der Waals surface area contributed by atoms with Crippen LogP contribution in [-0.4, -0.2) is 17.0 Å². The van der Waals surface area contributed by atoms with Crippen molar-refractivity contribution in [3.63, 3.8) is 0 Å². The maximum atomic E-state index is 13.2. The molecule has 0 aromatic heterocycles. The van der Waals surface area contributed by atoms with E-state index in [1.807, 2.05) is 13.8 Å². The fourth-order valence-electron chi connectivity index (χ4n) is 1.79. The van der Waals surface area contributed by atoms with Crippen LogP contribution < -0.4 is 11.1 Å². The van der Waals surface area contributed by atoms with Gasteiger partial charge in [0.25, 0.3) is 0 Å². The molecule has 1 rings (SSSR count). The zero-order valence-electron chi connectivity index (χ0n) is 11.0. The van der Waals surface area contributed by atoms with E-state index in [4.69, 9.17) is 10.9 Å². The molecule has 0 saturated heterocycles. The number of anilines is 1. The number of oxime groups is 1. The summed E-state index contributed by atoms with van der Waals surface area (Å²) >= 11 is 0. The second kappa shape index (κ2) is 6.72. The van der Waals surface area contributed by atoms with Crippen molar-refractivity contribution >= 4 is 17.4 Å². The lowest BCUT2D eigenvalue weighted by Gasteiger charge is -2.15. The average molecular weight is 267 g/mol. The van der Waals surface area contributed by atoms with Crippen molar-refractivity contribution in [2.24, 2.45) is 16.8 Å². The van der Waals surface area contributed by atoms with Crippen molar-refractivity contribution in [1.29, 1.82) is 0 Å². The SMILES string of the molecule is CCC(CC)C(=O)Nc1ccc(F)cc1/C(N)=N/O. The molecule has 4 N–H and O–H groups in total. The van der Waals surface area contributed by atoms with Crippen molar-refractivity contribution in [2.45, 2.75) is 26.7 Å². The lowest BCUT2D eigenvalue weighted by molar-refractivity contribution is -0.120. The number of rotatable bonds is 5. The number of amidine groups is 1. The Morgan fingerprint density at radius 1 is 1.47 bits per heavy atom. The fourth-order valence-corrected chi connectivity index (χ4v) is 1.79. The molecular formula is C13H18FN3O2. The van der Waals surface area contributed by atoms with Crippen LogP contribution in [0.25, 0.3) is 0 Å². The lowest BCUT2D eigenvalue weighted by atomic mass is 10.0. The number of nitrogens with zero attached hydrogens (tertiary/aromatic N) is 1. The molecule has 6 heteroatoms. The van der Waals surface area contributed by atoms with Gasteiger partial charge in [-0.25, -0.2) is 4.39 Å². The molecule has 19 heavy (non-hydrogen) atoms. The van der Waals surface area contributed by atoms with E-state index >= 15 is 0 Å². The minimum absolute atomic E-state index is 0.120. The molecule has 0 spiro atoms. The van der Waals surface area contributed by atoms with E-state index in [-0.39, 0.29) is 23.2 Å². The third-order valence-electron chi connectivity index (χ3n) is 2.98. The summed E-state index contributed by atoms with van der Waals surface area (Å²) in [4.78, 5) is 12.0. The highest BCUT2D eigenvalue weighted by molar-refractivity contribution is 6.05. The first-order valence-electron chi connectivity index (χ1n) is 6.11. The largest absolute Gasteiger partial charge is 0.409 e. The molecule has 0 heterocycles. The Morgan fingerprint density at radius 3 is 2.63 bits per heavy atom. The van der Waals surface area contributed by atoms with Gasteiger partial charge in [0.05, 0.1) is 5.69 Å². The molecule has 1 aromatic carbocycles. The van der Waals surface area contributed by atoms with E-state index in [1.165, 1.54) is 12.1 Å². The Kier molecular flexibility index (Phi) is 5.29. The van der Waals surface area contributed by atoms with Crippen LogP contribution in [0.5, 0.6) is 0 Å². The van der Waals surface area contributed by atoms with E-state index in [1.54, 1.807) is 0 Å². The Bertz CT molecular complexity index is 485. The topological polar surface area (TPSA) is 87.7 Å². The summed E-state index contributed by atoms with van der Waals surface area (Å²) in [6.07, 6.45) is 1.42.